The molecule has 1 aromatic carbocycles. The third-order valence-corrected chi connectivity index (χ3v) is 3.38. The van der Waals surface area contributed by atoms with Crippen molar-refractivity contribution in [2.24, 2.45) is 5.92 Å². The monoisotopic (exact) mass is 238 g/mol. The van der Waals surface area contributed by atoms with Crippen molar-refractivity contribution in [3.8, 4) is 0 Å². The van der Waals surface area contributed by atoms with E-state index < -0.39 is 0 Å². The zero-order chi connectivity index (χ0) is 11.6. The molecule has 0 aliphatic carbocycles. The second-order valence-electron chi connectivity index (χ2n) is 4.31. The average molecular weight is 238 g/mol. The van der Waals surface area contributed by atoms with Crippen LogP contribution in [0, 0.1) is 5.92 Å². The molecule has 0 spiro atoms. The Kier molecular flexibility index (Phi) is 7.35. The Balaban J connectivity index is 1.93. The quantitative estimate of drug-likeness (QED) is 0.495. The number of thioether (sulfide) groups is 1. The summed E-state index contributed by atoms with van der Waals surface area (Å²) < 4.78 is 5.57. The van der Waals surface area contributed by atoms with Crippen LogP contribution in [0.4, 0.5) is 0 Å². The maximum Gasteiger partial charge on any atom is 0.0474 e. The van der Waals surface area contributed by atoms with E-state index in [1.807, 2.05) is 11.8 Å². The summed E-state index contributed by atoms with van der Waals surface area (Å²) in [6.45, 7) is 6.27. The Bertz CT molecular complexity index is 259. The highest BCUT2D eigenvalue weighted by Gasteiger charge is 1.95. The highest BCUT2D eigenvalue weighted by molar-refractivity contribution is 7.99. The smallest absolute Gasteiger partial charge is 0.0474 e. The van der Waals surface area contributed by atoms with Gasteiger partial charge in [0, 0.05) is 23.9 Å². The van der Waals surface area contributed by atoms with E-state index in [1.54, 1.807) is 0 Å². The zero-order valence-corrected chi connectivity index (χ0v) is 11.1. The van der Waals surface area contributed by atoms with Crippen molar-refractivity contribution in [3.63, 3.8) is 0 Å². The number of rotatable bonds is 8. The lowest BCUT2D eigenvalue weighted by Crippen LogP contribution is -2.01. The van der Waals surface area contributed by atoms with Gasteiger partial charge in [0.1, 0.15) is 0 Å². The van der Waals surface area contributed by atoms with E-state index in [4.69, 9.17) is 4.74 Å². The molecule has 16 heavy (non-hydrogen) atoms. The van der Waals surface area contributed by atoms with Gasteiger partial charge in [-0.15, -0.1) is 11.8 Å². The topological polar surface area (TPSA) is 9.23 Å². The molecule has 0 amide bonds. The van der Waals surface area contributed by atoms with Crippen molar-refractivity contribution < 1.29 is 4.74 Å². The molecular formula is C14H22OS. The van der Waals surface area contributed by atoms with Crippen LogP contribution in [0.15, 0.2) is 35.2 Å². The van der Waals surface area contributed by atoms with E-state index in [1.165, 1.54) is 11.3 Å². The van der Waals surface area contributed by atoms with Crippen molar-refractivity contribution in [3.05, 3.63) is 30.3 Å². The van der Waals surface area contributed by atoms with Crippen LogP contribution in [0.25, 0.3) is 0 Å². The summed E-state index contributed by atoms with van der Waals surface area (Å²) in [6.07, 6.45) is 2.31. The summed E-state index contributed by atoms with van der Waals surface area (Å²) in [7, 11) is 0. The second-order valence-corrected chi connectivity index (χ2v) is 5.48. The first-order valence-corrected chi connectivity index (χ1v) is 7.03. The molecule has 2 heteroatoms. The minimum atomic E-state index is 0.749. The van der Waals surface area contributed by atoms with Gasteiger partial charge in [-0.2, -0.15) is 0 Å². The Morgan fingerprint density at radius 2 is 1.88 bits per heavy atom. The summed E-state index contributed by atoms with van der Waals surface area (Å²) in [6, 6.07) is 10.5. The molecule has 1 rings (SSSR count). The van der Waals surface area contributed by atoms with E-state index in [0.717, 1.165) is 31.3 Å². The molecule has 90 valence electrons. The van der Waals surface area contributed by atoms with Crippen molar-refractivity contribution >= 4 is 11.8 Å². The van der Waals surface area contributed by atoms with Crippen LogP contribution < -0.4 is 0 Å². The lowest BCUT2D eigenvalue weighted by molar-refractivity contribution is 0.125. The second kappa shape index (κ2) is 8.66. The van der Waals surface area contributed by atoms with Gasteiger partial charge in [-0.05, 0) is 30.9 Å². The lowest BCUT2D eigenvalue weighted by Gasteiger charge is -2.06. The van der Waals surface area contributed by atoms with E-state index >= 15 is 0 Å². The molecule has 0 bridgehead atoms. The molecule has 0 saturated carbocycles. The largest absolute Gasteiger partial charge is 0.381 e. The van der Waals surface area contributed by atoms with Crippen LogP contribution in [-0.4, -0.2) is 19.0 Å². The van der Waals surface area contributed by atoms with Crippen LogP contribution in [-0.2, 0) is 4.74 Å². The molecule has 1 nitrogen and oxygen atoms in total. The van der Waals surface area contributed by atoms with E-state index in [9.17, 15) is 0 Å². The van der Waals surface area contributed by atoms with Gasteiger partial charge in [-0.25, -0.2) is 0 Å². The molecular weight excluding hydrogens is 216 g/mol. The van der Waals surface area contributed by atoms with Crippen molar-refractivity contribution in [1.29, 1.82) is 0 Å². The fourth-order valence-electron chi connectivity index (χ4n) is 1.29. The van der Waals surface area contributed by atoms with E-state index in [-0.39, 0.29) is 0 Å². The molecule has 1 aromatic rings. The summed E-state index contributed by atoms with van der Waals surface area (Å²) in [5.74, 6) is 1.89. The predicted molar refractivity (Wildman–Crippen MR) is 72.1 cm³/mol. The van der Waals surface area contributed by atoms with Crippen LogP contribution in [0.2, 0.25) is 0 Å². The van der Waals surface area contributed by atoms with Gasteiger partial charge in [0.15, 0.2) is 0 Å². The molecule has 0 radical (unpaired) electrons. The minimum absolute atomic E-state index is 0.749. The molecule has 0 unspecified atom stereocenters. The molecule has 0 N–H and O–H groups in total. The molecule has 0 aliphatic heterocycles. The SMILES string of the molecule is CC(C)CCOCCCSc1ccccc1. The average Bonchev–Trinajstić information content (AvgIpc) is 2.29. The van der Waals surface area contributed by atoms with Gasteiger partial charge in [-0.1, -0.05) is 32.0 Å². The standard InChI is InChI=1S/C14H22OS/c1-13(2)9-11-15-10-6-12-16-14-7-4-3-5-8-14/h3-5,7-8,13H,6,9-12H2,1-2H3. The maximum absolute atomic E-state index is 5.57. The molecule has 0 saturated heterocycles. The molecule has 0 aliphatic rings. The minimum Gasteiger partial charge on any atom is -0.381 e. The first-order chi connectivity index (χ1) is 7.79. The summed E-state index contributed by atoms with van der Waals surface area (Å²) in [5.41, 5.74) is 0. The number of hydrogen-bond acceptors (Lipinski definition) is 2. The van der Waals surface area contributed by atoms with Crippen LogP contribution >= 0.6 is 11.8 Å². The molecule has 0 atom stereocenters. The Hall–Kier alpha value is -0.470. The van der Waals surface area contributed by atoms with Crippen molar-refractivity contribution in [2.45, 2.75) is 31.6 Å². The Morgan fingerprint density at radius 3 is 2.56 bits per heavy atom. The van der Waals surface area contributed by atoms with Crippen molar-refractivity contribution in [1.82, 2.24) is 0 Å². The zero-order valence-electron chi connectivity index (χ0n) is 10.3. The van der Waals surface area contributed by atoms with Crippen molar-refractivity contribution in [2.75, 3.05) is 19.0 Å². The highest BCUT2D eigenvalue weighted by Crippen LogP contribution is 2.17. The van der Waals surface area contributed by atoms with E-state index in [2.05, 4.69) is 44.2 Å². The summed E-state index contributed by atoms with van der Waals surface area (Å²) in [4.78, 5) is 1.35. The predicted octanol–water partition coefficient (Wildman–Crippen LogP) is 4.23. The molecule has 0 aromatic heterocycles. The van der Waals surface area contributed by atoms with Gasteiger partial charge in [0.05, 0.1) is 0 Å². The maximum atomic E-state index is 5.57. The fourth-order valence-corrected chi connectivity index (χ4v) is 2.14. The molecule has 0 fully saturated rings. The first kappa shape index (κ1) is 13.6. The Labute approximate surface area is 104 Å². The van der Waals surface area contributed by atoms with Gasteiger partial charge in [-0.3, -0.25) is 0 Å². The number of ether oxygens (including phenoxy) is 1. The number of hydrogen-bond donors (Lipinski definition) is 0. The van der Waals surface area contributed by atoms with Crippen LogP contribution in [0.5, 0.6) is 0 Å². The van der Waals surface area contributed by atoms with Gasteiger partial charge in [0.2, 0.25) is 0 Å². The number of benzene rings is 1. The third kappa shape index (κ3) is 6.91. The van der Waals surface area contributed by atoms with E-state index in [0.29, 0.717) is 0 Å². The highest BCUT2D eigenvalue weighted by atomic mass is 32.2. The molecule has 0 heterocycles. The summed E-state index contributed by atoms with van der Waals surface area (Å²) in [5, 5.41) is 0. The van der Waals surface area contributed by atoms with Gasteiger partial charge < -0.3 is 4.74 Å². The van der Waals surface area contributed by atoms with Crippen LogP contribution in [0.3, 0.4) is 0 Å². The van der Waals surface area contributed by atoms with Gasteiger partial charge in [0.25, 0.3) is 0 Å². The van der Waals surface area contributed by atoms with Gasteiger partial charge >= 0.3 is 0 Å². The van der Waals surface area contributed by atoms with Crippen LogP contribution in [0.1, 0.15) is 26.7 Å². The normalized spacial score (nSPS) is 10.9. The fraction of sp³-hybridized carbons (Fsp3) is 0.571. The summed E-state index contributed by atoms with van der Waals surface area (Å²) >= 11 is 1.90. The first-order valence-electron chi connectivity index (χ1n) is 6.04. The lowest BCUT2D eigenvalue weighted by atomic mass is 10.1. The Morgan fingerprint density at radius 1 is 1.12 bits per heavy atom. The third-order valence-electron chi connectivity index (χ3n) is 2.28.